The number of β-amino-alcohol motifs (C(OH)–C–C–N with tert-alkyl or cyclic N) is 1. The first-order valence-corrected chi connectivity index (χ1v) is 13.2. The maximum absolute atomic E-state index is 9.89. The van der Waals surface area contributed by atoms with Crippen LogP contribution in [-0.2, 0) is 0 Å². The molecule has 2 aromatic heterocycles. The van der Waals surface area contributed by atoms with Crippen LogP contribution in [0.25, 0.3) is 16.8 Å². The minimum atomic E-state index is -0.160. The maximum Gasteiger partial charge on any atom is 0.245 e. The molecule has 2 aliphatic rings. The Morgan fingerprint density at radius 2 is 1.74 bits per heavy atom. The predicted molar refractivity (Wildman–Crippen MR) is 149 cm³/mol. The lowest BCUT2D eigenvalue weighted by Crippen LogP contribution is -2.44. The van der Waals surface area contributed by atoms with Gasteiger partial charge in [-0.05, 0) is 55.7 Å². The summed E-state index contributed by atoms with van der Waals surface area (Å²) in [5.74, 6) is 2.01. The van der Waals surface area contributed by atoms with Crippen molar-refractivity contribution in [3.8, 4) is 22.8 Å². The van der Waals surface area contributed by atoms with Crippen LogP contribution in [0.2, 0.25) is 0 Å². The second-order valence-electron chi connectivity index (χ2n) is 10.0. The number of anilines is 3. The van der Waals surface area contributed by atoms with Crippen LogP contribution in [0.4, 0.5) is 17.3 Å². The lowest BCUT2D eigenvalue weighted by Gasteiger charge is -2.38. The first kappa shape index (κ1) is 24.5. The van der Waals surface area contributed by atoms with Crippen molar-refractivity contribution in [1.29, 1.82) is 0 Å². The van der Waals surface area contributed by atoms with Gasteiger partial charge in [-0.2, -0.15) is 0 Å². The Morgan fingerprint density at radius 3 is 2.50 bits per heavy atom. The number of para-hydroxylation sites is 1. The Balaban J connectivity index is 1.19. The molecule has 1 atom stereocenters. The zero-order valence-electron chi connectivity index (χ0n) is 21.9. The van der Waals surface area contributed by atoms with Gasteiger partial charge < -0.3 is 24.8 Å². The van der Waals surface area contributed by atoms with Crippen LogP contribution >= 0.6 is 0 Å². The van der Waals surface area contributed by atoms with Gasteiger partial charge in [-0.3, -0.25) is 4.90 Å². The Hall–Kier alpha value is -3.82. The van der Waals surface area contributed by atoms with E-state index in [0.29, 0.717) is 12.0 Å². The van der Waals surface area contributed by atoms with Gasteiger partial charge in [0.2, 0.25) is 5.95 Å². The zero-order valence-corrected chi connectivity index (χ0v) is 21.9. The molecule has 198 valence electrons. The van der Waals surface area contributed by atoms with Gasteiger partial charge in [-0.1, -0.05) is 12.1 Å². The molecule has 2 N–H and O–H groups in total. The van der Waals surface area contributed by atoms with Crippen LogP contribution in [0.5, 0.6) is 11.5 Å². The second kappa shape index (κ2) is 10.5. The van der Waals surface area contributed by atoms with E-state index in [2.05, 4.69) is 32.2 Å². The largest absolute Gasteiger partial charge is 0.496 e. The average Bonchev–Trinajstić information content (AvgIpc) is 3.59. The number of aliphatic hydroxyl groups excluding tert-OH is 1. The van der Waals surface area contributed by atoms with Gasteiger partial charge in [0.25, 0.3) is 0 Å². The van der Waals surface area contributed by atoms with E-state index in [1.165, 1.54) is 0 Å². The number of aromatic nitrogens is 3. The summed E-state index contributed by atoms with van der Waals surface area (Å²) < 4.78 is 13.2. The molecule has 2 aromatic carbocycles. The summed E-state index contributed by atoms with van der Waals surface area (Å²) in [5.41, 5.74) is 4.74. The predicted octanol–water partition coefficient (Wildman–Crippen LogP) is 4.19. The SMILES string of the molecule is COc1cc(N2CCC(N3CC[C@H](O)C3)CC2)ccc1Nc1ncc2ccc(-c3ccccc3OC)n2n1. The summed E-state index contributed by atoms with van der Waals surface area (Å²) in [4.78, 5) is 9.40. The van der Waals surface area contributed by atoms with E-state index in [9.17, 15) is 5.11 Å². The highest BCUT2D eigenvalue weighted by Gasteiger charge is 2.30. The van der Waals surface area contributed by atoms with Crippen LogP contribution in [0.3, 0.4) is 0 Å². The molecule has 0 saturated carbocycles. The number of methoxy groups -OCH3 is 2. The molecule has 9 heteroatoms. The lowest BCUT2D eigenvalue weighted by molar-refractivity contribution is 0.148. The lowest BCUT2D eigenvalue weighted by atomic mass is 10.0. The van der Waals surface area contributed by atoms with Crippen LogP contribution in [-0.4, -0.2) is 77.1 Å². The molecule has 2 saturated heterocycles. The van der Waals surface area contributed by atoms with Crippen molar-refractivity contribution >= 4 is 22.8 Å². The average molecular weight is 515 g/mol. The standard InChI is InChI=1S/C29H34N6O3/c1-37-27-6-4-3-5-24(27)26-10-8-22-18-30-29(32-35(22)26)31-25-9-7-21(17-28(25)38-2)33-14-11-20(12-15-33)34-16-13-23(36)19-34/h3-10,17-18,20,23,36H,11-16,19H2,1-2H3,(H,31,32)/t23-/m0/s1. The highest BCUT2D eigenvalue weighted by molar-refractivity contribution is 5.72. The van der Waals surface area contributed by atoms with Gasteiger partial charge in [0, 0.05) is 49.5 Å². The molecule has 4 aromatic rings. The fourth-order valence-corrected chi connectivity index (χ4v) is 5.71. The highest BCUT2D eigenvalue weighted by Crippen LogP contribution is 2.34. The molecule has 2 fully saturated rings. The molecule has 0 bridgehead atoms. The van der Waals surface area contributed by atoms with Gasteiger partial charge in [0.1, 0.15) is 11.5 Å². The molecule has 4 heterocycles. The summed E-state index contributed by atoms with van der Waals surface area (Å²) in [6.07, 6.45) is 4.75. The Labute approximate surface area is 222 Å². The van der Waals surface area contributed by atoms with E-state index in [1.807, 2.05) is 47.0 Å². The molecule has 0 radical (unpaired) electrons. The molecule has 0 spiro atoms. The quantitative estimate of drug-likeness (QED) is 0.380. The van der Waals surface area contributed by atoms with Crippen molar-refractivity contribution in [1.82, 2.24) is 19.5 Å². The van der Waals surface area contributed by atoms with E-state index in [1.54, 1.807) is 20.4 Å². The number of piperidine rings is 1. The smallest absolute Gasteiger partial charge is 0.245 e. The third kappa shape index (κ3) is 4.75. The van der Waals surface area contributed by atoms with Crippen molar-refractivity contribution in [2.75, 3.05) is 50.6 Å². The van der Waals surface area contributed by atoms with Crippen LogP contribution < -0.4 is 19.7 Å². The van der Waals surface area contributed by atoms with E-state index >= 15 is 0 Å². The molecule has 2 aliphatic heterocycles. The first-order chi connectivity index (χ1) is 18.6. The van der Waals surface area contributed by atoms with Crippen molar-refractivity contribution in [3.63, 3.8) is 0 Å². The molecule has 38 heavy (non-hydrogen) atoms. The van der Waals surface area contributed by atoms with E-state index in [0.717, 1.165) is 85.1 Å². The van der Waals surface area contributed by atoms with Gasteiger partial charge in [-0.25, -0.2) is 9.50 Å². The fraction of sp³-hybridized carbons (Fsp3) is 0.379. The van der Waals surface area contributed by atoms with Gasteiger partial charge in [0.15, 0.2) is 0 Å². The number of benzene rings is 2. The summed E-state index contributed by atoms with van der Waals surface area (Å²) in [6, 6.07) is 18.7. The Morgan fingerprint density at radius 1 is 0.921 bits per heavy atom. The number of ether oxygens (including phenoxy) is 2. The third-order valence-electron chi connectivity index (χ3n) is 7.75. The monoisotopic (exact) mass is 514 g/mol. The van der Waals surface area contributed by atoms with Crippen LogP contribution in [0.15, 0.2) is 60.8 Å². The molecule has 0 unspecified atom stereocenters. The number of aliphatic hydroxyl groups is 1. The number of rotatable bonds is 7. The Bertz CT molecular complexity index is 1410. The first-order valence-electron chi connectivity index (χ1n) is 13.2. The number of nitrogens with one attached hydrogen (secondary N) is 1. The summed E-state index contributed by atoms with van der Waals surface area (Å²) in [6.45, 7) is 3.81. The van der Waals surface area contributed by atoms with Crippen LogP contribution in [0, 0.1) is 0 Å². The number of fused-ring (bicyclic) bond motifs is 1. The van der Waals surface area contributed by atoms with Gasteiger partial charge in [-0.15, -0.1) is 5.10 Å². The maximum atomic E-state index is 9.89. The minimum Gasteiger partial charge on any atom is -0.496 e. The van der Waals surface area contributed by atoms with Crippen molar-refractivity contribution in [2.24, 2.45) is 0 Å². The number of nitrogens with zero attached hydrogens (tertiary/aromatic N) is 5. The van der Waals surface area contributed by atoms with Crippen LogP contribution in [0.1, 0.15) is 19.3 Å². The molecular weight excluding hydrogens is 480 g/mol. The molecule has 0 amide bonds. The molecule has 9 nitrogen and oxygen atoms in total. The van der Waals surface area contributed by atoms with Crippen molar-refractivity contribution in [3.05, 3.63) is 60.8 Å². The summed E-state index contributed by atoms with van der Waals surface area (Å²) in [7, 11) is 3.36. The van der Waals surface area contributed by atoms with E-state index in [4.69, 9.17) is 14.6 Å². The number of hydrogen-bond donors (Lipinski definition) is 2. The van der Waals surface area contributed by atoms with Gasteiger partial charge in [0.05, 0.1) is 43.4 Å². The van der Waals surface area contributed by atoms with E-state index < -0.39 is 0 Å². The normalized spacial score (nSPS) is 18.7. The minimum absolute atomic E-state index is 0.160. The number of likely N-dealkylation sites (tertiary alicyclic amines) is 1. The van der Waals surface area contributed by atoms with Crippen molar-refractivity contribution < 1.29 is 14.6 Å². The second-order valence-corrected chi connectivity index (χ2v) is 10.0. The van der Waals surface area contributed by atoms with Crippen molar-refractivity contribution in [2.45, 2.75) is 31.4 Å². The Kier molecular flexibility index (Phi) is 6.78. The molecular formula is C29H34N6O3. The zero-order chi connectivity index (χ0) is 26.1. The topological polar surface area (TPSA) is 87.4 Å². The summed E-state index contributed by atoms with van der Waals surface area (Å²) >= 11 is 0. The third-order valence-corrected chi connectivity index (χ3v) is 7.75. The number of hydrogen-bond acceptors (Lipinski definition) is 8. The summed E-state index contributed by atoms with van der Waals surface area (Å²) in [5, 5.41) is 18.0. The van der Waals surface area contributed by atoms with E-state index in [-0.39, 0.29) is 6.10 Å². The highest BCUT2D eigenvalue weighted by atomic mass is 16.5. The fourth-order valence-electron chi connectivity index (χ4n) is 5.71. The molecule has 0 aliphatic carbocycles. The van der Waals surface area contributed by atoms with Gasteiger partial charge >= 0.3 is 0 Å². The molecule has 6 rings (SSSR count).